The van der Waals surface area contributed by atoms with E-state index in [9.17, 15) is 9.59 Å². The van der Waals surface area contributed by atoms with Gasteiger partial charge < -0.3 is 4.90 Å². The topological polar surface area (TPSA) is 49.4 Å². The van der Waals surface area contributed by atoms with Crippen molar-refractivity contribution in [2.45, 2.75) is 6.42 Å². The lowest BCUT2D eigenvalue weighted by Crippen LogP contribution is -2.19. The molecule has 4 nitrogen and oxygen atoms in total. The third-order valence-corrected chi connectivity index (χ3v) is 1.31. The van der Waals surface area contributed by atoms with E-state index in [2.05, 4.69) is 5.32 Å². The highest BCUT2D eigenvalue weighted by atomic mass is 16.2. The van der Waals surface area contributed by atoms with Gasteiger partial charge in [0, 0.05) is 25.9 Å². The second kappa shape index (κ2) is 2.74. The number of imide groups is 1. The van der Waals surface area contributed by atoms with Gasteiger partial charge in [0.2, 0.25) is 5.91 Å². The van der Waals surface area contributed by atoms with Crippen LogP contribution in [0.2, 0.25) is 0 Å². The van der Waals surface area contributed by atoms with E-state index in [1.54, 1.807) is 11.1 Å². The van der Waals surface area contributed by atoms with E-state index in [-0.39, 0.29) is 18.2 Å². The van der Waals surface area contributed by atoms with Crippen LogP contribution in [0, 0.1) is 0 Å². The average Bonchev–Trinajstić information content (AvgIpc) is 2.09. The van der Waals surface area contributed by atoms with Crippen LogP contribution in [0.5, 0.6) is 0 Å². The molecule has 60 valence electrons. The Kier molecular flexibility index (Phi) is 1.94. The minimum atomic E-state index is -0.274. The summed E-state index contributed by atoms with van der Waals surface area (Å²) in [6.07, 6.45) is 1.86. The van der Waals surface area contributed by atoms with E-state index >= 15 is 0 Å². The summed E-state index contributed by atoms with van der Waals surface area (Å²) >= 11 is 0. The summed E-state index contributed by atoms with van der Waals surface area (Å²) < 4.78 is 0. The SMILES string of the molecule is CN(C)C=C1CC(=O)NC1=O. The molecule has 4 heteroatoms. The van der Waals surface area contributed by atoms with Gasteiger partial charge in [-0.1, -0.05) is 0 Å². The first-order chi connectivity index (χ1) is 5.09. The molecule has 1 fully saturated rings. The Balaban J connectivity index is 2.75. The Morgan fingerprint density at radius 1 is 1.45 bits per heavy atom. The summed E-state index contributed by atoms with van der Waals surface area (Å²) in [5, 5.41) is 2.20. The van der Waals surface area contributed by atoms with Crippen LogP contribution in [0.3, 0.4) is 0 Å². The molecule has 1 saturated heterocycles. The van der Waals surface area contributed by atoms with E-state index in [0.29, 0.717) is 5.57 Å². The van der Waals surface area contributed by atoms with E-state index in [4.69, 9.17) is 0 Å². The van der Waals surface area contributed by atoms with Crippen molar-refractivity contribution in [3.8, 4) is 0 Å². The van der Waals surface area contributed by atoms with Crippen molar-refractivity contribution in [3.05, 3.63) is 11.8 Å². The highest BCUT2D eigenvalue weighted by molar-refractivity contribution is 6.13. The number of carbonyl (C=O) groups excluding carboxylic acids is 2. The molecule has 1 rings (SSSR count). The molecule has 1 N–H and O–H groups in total. The zero-order valence-electron chi connectivity index (χ0n) is 6.55. The lowest BCUT2D eigenvalue weighted by atomic mass is 10.2. The minimum Gasteiger partial charge on any atom is -0.383 e. The van der Waals surface area contributed by atoms with Crippen LogP contribution < -0.4 is 5.32 Å². The minimum absolute atomic E-state index is 0.205. The summed E-state index contributed by atoms with van der Waals surface area (Å²) in [4.78, 5) is 23.3. The van der Waals surface area contributed by atoms with Crippen molar-refractivity contribution in [3.63, 3.8) is 0 Å². The fourth-order valence-corrected chi connectivity index (χ4v) is 0.920. The van der Waals surface area contributed by atoms with Gasteiger partial charge in [0.15, 0.2) is 0 Å². The molecule has 0 aromatic rings. The lowest BCUT2D eigenvalue weighted by Gasteiger charge is -2.03. The van der Waals surface area contributed by atoms with Crippen molar-refractivity contribution < 1.29 is 9.59 Å². The van der Waals surface area contributed by atoms with Crippen LogP contribution in [0.1, 0.15) is 6.42 Å². The molecule has 0 unspecified atom stereocenters. The second-order valence-corrected chi connectivity index (χ2v) is 2.67. The fourth-order valence-electron chi connectivity index (χ4n) is 0.920. The molecular formula is C7H10N2O2. The largest absolute Gasteiger partial charge is 0.383 e. The molecule has 0 radical (unpaired) electrons. The van der Waals surface area contributed by atoms with Crippen molar-refractivity contribution in [2.75, 3.05) is 14.1 Å². The zero-order chi connectivity index (χ0) is 8.43. The maximum Gasteiger partial charge on any atom is 0.255 e. The maximum atomic E-state index is 10.9. The zero-order valence-corrected chi connectivity index (χ0v) is 6.55. The van der Waals surface area contributed by atoms with Crippen LogP contribution >= 0.6 is 0 Å². The summed E-state index contributed by atoms with van der Waals surface area (Å²) in [5.41, 5.74) is 0.528. The first-order valence-electron chi connectivity index (χ1n) is 3.31. The van der Waals surface area contributed by atoms with Crippen LogP contribution in [-0.4, -0.2) is 30.8 Å². The summed E-state index contributed by atoms with van der Waals surface area (Å²) in [6, 6.07) is 0. The highest BCUT2D eigenvalue weighted by Gasteiger charge is 2.23. The normalized spacial score (nSPS) is 20.7. The van der Waals surface area contributed by atoms with E-state index < -0.39 is 0 Å². The Morgan fingerprint density at radius 2 is 2.09 bits per heavy atom. The van der Waals surface area contributed by atoms with Gasteiger partial charge in [-0.3, -0.25) is 14.9 Å². The van der Waals surface area contributed by atoms with E-state index in [1.165, 1.54) is 0 Å². The molecule has 11 heavy (non-hydrogen) atoms. The molecule has 0 saturated carbocycles. The van der Waals surface area contributed by atoms with Gasteiger partial charge in [0.25, 0.3) is 5.91 Å². The Hall–Kier alpha value is -1.32. The van der Waals surface area contributed by atoms with Crippen LogP contribution in [0.15, 0.2) is 11.8 Å². The van der Waals surface area contributed by atoms with Crippen LogP contribution in [-0.2, 0) is 9.59 Å². The van der Waals surface area contributed by atoms with Gasteiger partial charge >= 0.3 is 0 Å². The summed E-state index contributed by atoms with van der Waals surface area (Å²) in [6.45, 7) is 0. The number of nitrogens with one attached hydrogen (secondary N) is 1. The molecule has 0 spiro atoms. The fraction of sp³-hybridized carbons (Fsp3) is 0.429. The second-order valence-electron chi connectivity index (χ2n) is 2.67. The molecule has 1 aliphatic heterocycles. The lowest BCUT2D eigenvalue weighted by molar-refractivity contribution is -0.124. The Bertz CT molecular complexity index is 231. The number of nitrogens with zero attached hydrogens (tertiary/aromatic N) is 1. The summed E-state index contributed by atoms with van der Waals surface area (Å²) in [5.74, 6) is -0.494. The van der Waals surface area contributed by atoms with Gasteiger partial charge in [-0.15, -0.1) is 0 Å². The van der Waals surface area contributed by atoms with Gasteiger partial charge in [-0.2, -0.15) is 0 Å². The average molecular weight is 154 g/mol. The number of hydrogen-bond donors (Lipinski definition) is 1. The molecule has 1 aliphatic rings. The predicted molar refractivity (Wildman–Crippen MR) is 39.5 cm³/mol. The van der Waals surface area contributed by atoms with Crippen molar-refractivity contribution in [1.82, 2.24) is 10.2 Å². The third kappa shape index (κ3) is 1.80. The van der Waals surface area contributed by atoms with Gasteiger partial charge in [-0.05, 0) is 0 Å². The van der Waals surface area contributed by atoms with E-state index in [1.807, 2.05) is 14.1 Å². The third-order valence-electron chi connectivity index (χ3n) is 1.31. The molecule has 1 heterocycles. The standard InChI is InChI=1S/C7H10N2O2/c1-9(2)4-5-3-6(10)8-7(5)11/h4H,3H2,1-2H3,(H,8,10,11). The van der Waals surface area contributed by atoms with Gasteiger partial charge in [0.1, 0.15) is 0 Å². The number of hydrogen-bond acceptors (Lipinski definition) is 3. The Morgan fingerprint density at radius 3 is 2.45 bits per heavy atom. The number of amides is 2. The molecular weight excluding hydrogens is 144 g/mol. The van der Waals surface area contributed by atoms with Crippen molar-refractivity contribution >= 4 is 11.8 Å². The predicted octanol–water partition coefficient (Wildman–Crippen LogP) is -0.522. The monoisotopic (exact) mass is 154 g/mol. The first kappa shape index (κ1) is 7.78. The van der Waals surface area contributed by atoms with Crippen LogP contribution in [0.4, 0.5) is 0 Å². The molecule has 0 atom stereocenters. The van der Waals surface area contributed by atoms with Crippen LogP contribution in [0.25, 0.3) is 0 Å². The highest BCUT2D eigenvalue weighted by Crippen LogP contribution is 2.08. The number of carbonyl (C=O) groups is 2. The Labute approximate surface area is 64.9 Å². The smallest absolute Gasteiger partial charge is 0.255 e. The van der Waals surface area contributed by atoms with Gasteiger partial charge in [0.05, 0.1) is 6.42 Å². The maximum absolute atomic E-state index is 10.9. The summed E-state index contributed by atoms with van der Waals surface area (Å²) in [7, 11) is 3.62. The molecule has 0 aromatic heterocycles. The molecule has 0 bridgehead atoms. The van der Waals surface area contributed by atoms with Crippen molar-refractivity contribution in [1.29, 1.82) is 0 Å². The molecule has 0 aliphatic carbocycles. The van der Waals surface area contributed by atoms with Gasteiger partial charge in [-0.25, -0.2) is 0 Å². The number of rotatable bonds is 1. The first-order valence-corrected chi connectivity index (χ1v) is 3.31. The van der Waals surface area contributed by atoms with E-state index in [0.717, 1.165) is 0 Å². The quantitative estimate of drug-likeness (QED) is 0.408. The van der Waals surface area contributed by atoms with Crippen molar-refractivity contribution in [2.24, 2.45) is 0 Å². The molecule has 2 amide bonds. The molecule has 0 aromatic carbocycles.